The molecule has 4 heteroatoms. The van der Waals surface area contributed by atoms with Gasteiger partial charge in [0.05, 0.1) is 5.92 Å². The number of carboxylic acids is 1. The lowest BCUT2D eigenvalue weighted by Crippen LogP contribution is -2.36. The van der Waals surface area contributed by atoms with E-state index in [-0.39, 0.29) is 11.2 Å². The lowest BCUT2D eigenvalue weighted by atomic mass is 9.83. The number of aryl methyl sites for hydroxylation is 1. The van der Waals surface area contributed by atoms with E-state index in [0.29, 0.717) is 18.7 Å². The first-order valence-electron chi connectivity index (χ1n) is 6.44. The second kappa shape index (κ2) is 6.15. The van der Waals surface area contributed by atoms with E-state index in [4.69, 9.17) is 5.11 Å². The Bertz CT molecular complexity index is 457. The van der Waals surface area contributed by atoms with Gasteiger partial charge in [-0.2, -0.15) is 0 Å². The van der Waals surface area contributed by atoms with E-state index < -0.39 is 11.9 Å². The van der Waals surface area contributed by atoms with Gasteiger partial charge in [0.25, 0.3) is 0 Å². The van der Waals surface area contributed by atoms with E-state index in [1.54, 1.807) is 19.9 Å². The van der Waals surface area contributed by atoms with Crippen molar-refractivity contribution in [2.75, 3.05) is 13.1 Å². The molecule has 0 heterocycles. The van der Waals surface area contributed by atoms with Gasteiger partial charge in [-0.1, -0.05) is 32.9 Å². The van der Waals surface area contributed by atoms with Gasteiger partial charge in [-0.15, -0.1) is 0 Å². The molecule has 1 unspecified atom stereocenters. The fraction of sp³-hybridized carbons (Fsp3) is 0.533. The Morgan fingerprint density at radius 2 is 2.11 bits per heavy atom. The molecular weight excluding hydrogens is 245 g/mol. The van der Waals surface area contributed by atoms with Crippen LogP contribution in [0, 0.1) is 18.7 Å². The van der Waals surface area contributed by atoms with Crippen LogP contribution in [0.15, 0.2) is 18.2 Å². The van der Waals surface area contributed by atoms with Gasteiger partial charge in [-0.05, 0) is 24.1 Å². The van der Waals surface area contributed by atoms with Crippen LogP contribution in [-0.4, -0.2) is 24.2 Å². The number of carboxylic acid groups (broad SMARTS) is 1. The van der Waals surface area contributed by atoms with Gasteiger partial charge in [0.1, 0.15) is 5.82 Å². The first kappa shape index (κ1) is 15.6. The molecule has 0 spiro atoms. The van der Waals surface area contributed by atoms with Crippen molar-refractivity contribution in [3.8, 4) is 0 Å². The van der Waals surface area contributed by atoms with Crippen molar-refractivity contribution in [1.82, 2.24) is 5.32 Å². The summed E-state index contributed by atoms with van der Waals surface area (Å²) in [5.41, 5.74) is 1.50. The largest absolute Gasteiger partial charge is 0.481 e. The number of hydrogen-bond acceptors (Lipinski definition) is 2. The first-order chi connectivity index (χ1) is 8.74. The summed E-state index contributed by atoms with van der Waals surface area (Å²) in [5, 5.41) is 12.0. The summed E-state index contributed by atoms with van der Waals surface area (Å²) in [7, 11) is 0. The van der Waals surface area contributed by atoms with Crippen molar-refractivity contribution in [1.29, 1.82) is 0 Å². The van der Waals surface area contributed by atoms with Crippen LogP contribution in [0.2, 0.25) is 0 Å². The zero-order chi connectivity index (χ0) is 14.6. The molecule has 0 saturated heterocycles. The van der Waals surface area contributed by atoms with Crippen LogP contribution in [0.4, 0.5) is 4.39 Å². The van der Waals surface area contributed by atoms with Crippen molar-refractivity contribution >= 4 is 5.97 Å². The highest BCUT2D eigenvalue weighted by Gasteiger charge is 2.21. The first-order valence-corrected chi connectivity index (χ1v) is 6.44. The molecule has 1 atom stereocenters. The van der Waals surface area contributed by atoms with Gasteiger partial charge in [-0.3, -0.25) is 4.79 Å². The molecule has 19 heavy (non-hydrogen) atoms. The molecule has 1 rings (SSSR count). The fourth-order valence-corrected chi connectivity index (χ4v) is 1.86. The maximum atomic E-state index is 13.3. The molecule has 0 aliphatic heterocycles. The highest BCUT2D eigenvalue weighted by molar-refractivity contribution is 5.69. The van der Waals surface area contributed by atoms with Gasteiger partial charge in [0.2, 0.25) is 0 Å². The molecule has 0 aliphatic rings. The number of carbonyl (C=O) groups is 1. The zero-order valence-electron chi connectivity index (χ0n) is 12.0. The van der Waals surface area contributed by atoms with E-state index in [1.165, 1.54) is 6.07 Å². The minimum Gasteiger partial charge on any atom is -0.481 e. The van der Waals surface area contributed by atoms with E-state index in [0.717, 1.165) is 5.56 Å². The minimum atomic E-state index is -0.803. The van der Waals surface area contributed by atoms with E-state index in [1.807, 2.05) is 6.07 Å². The van der Waals surface area contributed by atoms with Gasteiger partial charge in [-0.25, -0.2) is 4.39 Å². The maximum absolute atomic E-state index is 13.3. The topological polar surface area (TPSA) is 49.3 Å². The molecule has 0 aliphatic carbocycles. The number of nitrogens with one attached hydrogen (secondary N) is 1. The molecule has 2 N–H and O–H groups in total. The SMILES string of the molecule is Cc1cc(C(C)(C)CNCC(C)C(=O)O)ccc1F. The van der Waals surface area contributed by atoms with Crippen molar-refractivity contribution in [3.63, 3.8) is 0 Å². The summed E-state index contributed by atoms with van der Waals surface area (Å²) < 4.78 is 13.3. The Labute approximate surface area is 113 Å². The molecule has 0 radical (unpaired) electrons. The average Bonchev–Trinajstić information content (AvgIpc) is 2.32. The standard InChI is InChI=1S/C15H22FNO2/c1-10-7-12(5-6-13(10)16)15(3,4)9-17-8-11(2)14(18)19/h5-7,11,17H,8-9H2,1-4H3,(H,18,19). The van der Waals surface area contributed by atoms with Crippen LogP contribution >= 0.6 is 0 Å². The zero-order valence-corrected chi connectivity index (χ0v) is 12.0. The minimum absolute atomic E-state index is 0.170. The van der Waals surface area contributed by atoms with Crippen LogP contribution in [-0.2, 0) is 10.2 Å². The Kier molecular flexibility index (Phi) is 5.06. The normalized spacial score (nSPS) is 13.3. The van der Waals surface area contributed by atoms with E-state index in [9.17, 15) is 9.18 Å². The molecule has 0 fully saturated rings. The lowest BCUT2D eigenvalue weighted by Gasteiger charge is -2.26. The number of halogens is 1. The second-order valence-electron chi connectivity index (χ2n) is 5.72. The summed E-state index contributed by atoms with van der Waals surface area (Å²) in [6.45, 7) is 8.60. The van der Waals surface area contributed by atoms with Crippen LogP contribution < -0.4 is 5.32 Å². The predicted octanol–water partition coefficient (Wildman–Crippen LogP) is 2.72. The van der Waals surface area contributed by atoms with Crippen LogP contribution in [0.3, 0.4) is 0 Å². The van der Waals surface area contributed by atoms with Gasteiger partial charge < -0.3 is 10.4 Å². The van der Waals surface area contributed by atoms with Crippen molar-refractivity contribution in [2.45, 2.75) is 33.1 Å². The van der Waals surface area contributed by atoms with Crippen LogP contribution in [0.1, 0.15) is 31.9 Å². The summed E-state index contributed by atoms with van der Waals surface area (Å²) >= 11 is 0. The third-order valence-corrected chi connectivity index (χ3v) is 3.38. The van der Waals surface area contributed by atoms with Gasteiger partial charge in [0, 0.05) is 18.5 Å². The molecule has 106 valence electrons. The molecule has 0 amide bonds. The Hall–Kier alpha value is -1.42. The Morgan fingerprint density at radius 1 is 1.47 bits per heavy atom. The van der Waals surface area contributed by atoms with Gasteiger partial charge >= 0.3 is 5.97 Å². The molecule has 0 aromatic heterocycles. The number of hydrogen-bond donors (Lipinski definition) is 2. The quantitative estimate of drug-likeness (QED) is 0.833. The number of benzene rings is 1. The second-order valence-corrected chi connectivity index (χ2v) is 5.72. The predicted molar refractivity (Wildman–Crippen MR) is 73.8 cm³/mol. The molecular formula is C15H22FNO2. The molecule has 0 bridgehead atoms. The summed E-state index contributed by atoms with van der Waals surface area (Å²) in [6, 6.07) is 5.11. The molecule has 3 nitrogen and oxygen atoms in total. The number of aliphatic carboxylic acids is 1. The molecule has 1 aromatic carbocycles. The average molecular weight is 267 g/mol. The monoisotopic (exact) mass is 267 g/mol. The van der Waals surface area contributed by atoms with Gasteiger partial charge in [0.15, 0.2) is 0 Å². The third kappa shape index (κ3) is 4.31. The van der Waals surface area contributed by atoms with Crippen molar-refractivity contribution in [3.05, 3.63) is 35.1 Å². The van der Waals surface area contributed by atoms with Crippen molar-refractivity contribution in [2.24, 2.45) is 5.92 Å². The fourth-order valence-electron chi connectivity index (χ4n) is 1.86. The summed E-state index contributed by atoms with van der Waals surface area (Å²) in [6.07, 6.45) is 0. The summed E-state index contributed by atoms with van der Waals surface area (Å²) in [5.74, 6) is -1.42. The van der Waals surface area contributed by atoms with Crippen molar-refractivity contribution < 1.29 is 14.3 Å². The lowest BCUT2D eigenvalue weighted by molar-refractivity contribution is -0.140. The Balaban J connectivity index is 2.65. The third-order valence-electron chi connectivity index (χ3n) is 3.38. The Morgan fingerprint density at radius 3 is 2.63 bits per heavy atom. The van der Waals surface area contributed by atoms with Crippen LogP contribution in [0.25, 0.3) is 0 Å². The summed E-state index contributed by atoms with van der Waals surface area (Å²) in [4.78, 5) is 10.7. The maximum Gasteiger partial charge on any atom is 0.307 e. The number of rotatable bonds is 6. The highest BCUT2D eigenvalue weighted by atomic mass is 19.1. The van der Waals surface area contributed by atoms with E-state index in [2.05, 4.69) is 19.2 Å². The van der Waals surface area contributed by atoms with E-state index >= 15 is 0 Å². The smallest absolute Gasteiger partial charge is 0.307 e. The highest BCUT2D eigenvalue weighted by Crippen LogP contribution is 2.24. The van der Waals surface area contributed by atoms with Crippen LogP contribution in [0.5, 0.6) is 0 Å². The molecule has 1 aromatic rings. The molecule has 0 saturated carbocycles.